The first-order chi connectivity index (χ1) is 11.6. The molecule has 0 aliphatic carbocycles. The lowest BCUT2D eigenvalue weighted by molar-refractivity contribution is 0.349. The Morgan fingerprint density at radius 2 is 2.04 bits per heavy atom. The van der Waals surface area contributed by atoms with Crippen LogP contribution in [0.5, 0.6) is 0 Å². The first-order valence-electron chi connectivity index (χ1n) is 8.63. The van der Waals surface area contributed by atoms with Gasteiger partial charge in [-0.15, -0.1) is 0 Å². The summed E-state index contributed by atoms with van der Waals surface area (Å²) in [5, 5.41) is 0. The molecule has 1 aromatic heterocycles. The lowest BCUT2D eigenvalue weighted by atomic mass is 10.2. The Bertz CT molecular complexity index is 756. The average Bonchev–Trinajstić information content (AvgIpc) is 3.24. The van der Waals surface area contributed by atoms with E-state index in [1.165, 1.54) is 0 Å². The summed E-state index contributed by atoms with van der Waals surface area (Å²) in [6, 6.07) is 9.86. The van der Waals surface area contributed by atoms with Crippen molar-refractivity contribution in [3.8, 4) is 0 Å². The van der Waals surface area contributed by atoms with Gasteiger partial charge in [-0.1, -0.05) is 37.3 Å². The molecule has 1 saturated heterocycles. The highest BCUT2D eigenvalue weighted by molar-refractivity contribution is 7.89. The molecule has 3 rings (SSSR count). The summed E-state index contributed by atoms with van der Waals surface area (Å²) >= 11 is 0. The van der Waals surface area contributed by atoms with Crippen molar-refractivity contribution in [2.45, 2.75) is 45.2 Å². The first kappa shape index (κ1) is 17.2. The third-order valence-electron chi connectivity index (χ3n) is 4.70. The minimum absolute atomic E-state index is 0.0465. The molecule has 1 fully saturated rings. The normalized spacial score (nSPS) is 19.0. The molecule has 1 unspecified atom stereocenters. The van der Waals surface area contributed by atoms with Gasteiger partial charge in [0.2, 0.25) is 10.0 Å². The fraction of sp³-hybridized carbons (Fsp3) is 0.500. The third-order valence-corrected chi connectivity index (χ3v) is 6.61. The molecule has 1 atom stereocenters. The SMILES string of the molecule is CCc1nccn1CC1CCCN1S(=O)(=O)CCc1ccccc1. The van der Waals surface area contributed by atoms with E-state index in [1.807, 2.05) is 36.5 Å². The number of nitrogens with zero attached hydrogens (tertiary/aromatic N) is 3. The highest BCUT2D eigenvalue weighted by Crippen LogP contribution is 2.24. The van der Waals surface area contributed by atoms with Crippen LogP contribution in [0.4, 0.5) is 0 Å². The van der Waals surface area contributed by atoms with E-state index in [-0.39, 0.29) is 11.8 Å². The van der Waals surface area contributed by atoms with Crippen molar-refractivity contribution < 1.29 is 8.42 Å². The number of hydrogen-bond donors (Lipinski definition) is 0. The highest BCUT2D eigenvalue weighted by Gasteiger charge is 2.34. The maximum absolute atomic E-state index is 12.8. The molecular formula is C18H25N3O2S. The van der Waals surface area contributed by atoms with E-state index < -0.39 is 10.0 Å². The summed E-state index contributed by atoms with van der Waals surface area (Å²) in [4.78, 5) is 4.33. The van der Waals surface area contributed by atoms with Gasteiger partial charge in [0.05, 0.1) is 5.75 Å². The van der Waals surface area contributed by atoms with Crippen molar-refractivity contribution in [1.82, 2.24) is 13.9 Å². The molecule has 130 valence electrons. The highest BCUT2D eigenvalue weighted by atomic mass is 32.2. The minimum atomic E-state index is -3.23. The predicted molar refractivity (Wildman–Crippen MR) is 95.3 cm³/mol. The Balaban J connectivity index is 1.67. The van der Waals surface area contributed by atoms with Crippen LogP contribution in [-0.4, -0.2) is 40.6 Å². The van der Waals surface area contributed by atoms with E-state index >= 15 is 0 Å². The summed E-state index contributed by atoms with van der Waals surface area (Å²) < 4.78 is 29.4. The van der Waals surface area contributed by atoms with Gasteiger partial charge in [0.25, 0.3) is 0 Å². The average molecular weight is 347 g/mol. The van der Waals surface area contributed by atoms with Gasteiger partial charge in [0.15, 0.2) is 0 Å². The molecule has 0 saturated carbocycles. The molecule has 0 radical (unpaired) electrons. The monoisotopic (exact) mass is 347 g/mol. The second-order valence-corrected chi connectivity index (χ2v) is 8.35. The number of rotatable bonds is 7. The molecular weight excluding hydrogens is 322 g/mol. The quantitative estimate of drug-likeness (QED) is 0.773. The van der Waals surface area contributed by atoms with Gasteiger partial charge in [-0.25, -0.2) is 13.4 Å². The van der Waals surface area contributed by atoms with E-state index in [0.29, 0.717) is 19.5 Å². The van der Waals surface area contributed by atoms with Crippen LogP contribution in [0.15, 0.2) is 42.7 Å². The molecule has 5 nitrogen and oxygen atoms in total. The number of sulfonamides is 1. The second-order valence-electron chi connectivity index (χ2n) is 6.31. The molecule has 2 heterocycles. The van der Waals surface area contributed by atoms with Crippen molar-refractivity contribution in [2.24, 2.45) is 0 Å². The number of imidazole rings is 1. The molecule has 0 amide bonds. The van der Waals surface area contributed by atoms with Gasteiger partial charge in [0, 0.05) is 37.9 Å². The molecule has 0 bridgehead atoms. The minimum Gasteiger partial charge on any atom is -0.333 e. The topological polar surface area (TPSA) is 55.2 Å². The maximum atomic E-state index is 12.8. The van der Waals surface area contributed by atoms with Crippen molar-refractivity contribution in [2.75, 3.05) is 12.3 Å². The Morgan fingerprint density at radius 3 is 2.79 bits per heavy atom. The van der Waals surface area contributed by atoms with Gasteiger partial charge in [-0.3, -0.25) is 0 Å². The van der Waals surface area contributed by atoms with Gasteiger partial charge in [0.1, 0.15) is 5.82 Å². The summed E-state index contributed by atoms with van der Waals surface area (Å²) in [5.41, 5.74) is 1.07. The fourth-order valence-electron chi connectivity index (χ4n) is 3.41. The van der Waals surface area contributed by atoms with Crippen LogP contribution >= 0.6 is 0 Å². The molecule has 0 spiro atoms. The van der Waals surface area contributed by atoms with Crippen LogP contribution in [0.25, 0.3) is 0 Å². The van der Waals surface area contributed by atoms with Crippen molar-refractivity contribution in [3.63, 3.8) is 0 Å². The van der Waals surface area contributed by atoms with E-state index in [0.717, 1.165) is 30.7 Å². The molecule has 0 N–H and O–H groups in total. The Morgan fingerprint density at radius 1 is 1.25 bits per heavy atom. The van der Waals surface area contributed by atoms with Crippen LogP contribution in [0.2, 0.25) is 0 Å². The van der Waals surface area contributed by atoms with Gasteiger partial charge in [-0.05, 0) is 24.8 Å². The number of aromatic nitrogens is 2. The summed E-state index contributed by atoms with van der Waals surface area (Å²) in [5.74, 6) is 1.20. The van der Waals surface area contributed by atoms with Crippen LogP contribution in [0.1, 0.15) is 31.2 Å². The fourth-order valence-corrected chi connectivity index (χ4v) is 5.18. The third kappa shape index (κ3) is 3.87. The standard InChI is InChI=1S/C18H25N3O2S/c1-2-18-19-11-13-20(18)15-17-9-6-12-21(17)24(22,23)14-10-16-7-4-3-5-8-16/h3-5,7-8,11,13,17H,2,6,9-10,12,14-15H2,1H3. The van der Waals surface area contributed by atoms with Crippen LogP contribution < -0.4 is 0 Å². The van der Waals surface area contributed by atoms with Crippen LogP contribution in [0, 0.1) is 0 Å². The van der Waals surface area contributed by atoms with Crippen molar-refractivity contribution in [3.05, 3.63) is 54.1 Å². The first-order valence-corrected chi connectivity index (χ1v) is 10.2. The van der Waals surface area contributed by atoms with Crippen molar-refractivity contribution in [1.29, 1.82) is 0 Å². The zero-order valence-corrected chi connectivity index (χ0v) is 15.0. The number of aryl methyl sites for hydroxylation is 2. The molecule has 1 aliphatic rings. The number of hydrogen-bond acceptors (Lipinski definition) is 3. The Kier molecular flexibility index (Phi) is 5.36. The lowest BCUT2D eigenvalue weighted by Gasteiger charge is -2.25. The molecule has 2 aromatic rings. The smallest absolute Gasteiger partial charge is 0.214 e. The molecule has 24 heavy (non-hydrogen) atoms. The van der Waals surface area contributed by atoms with Crippen LogP contribution in [-0.2, 0) is 29.4 Å². The molecule has 1 aliphatic heterocycles. The predicted octanol–water partition coefficient (Wildman–Crippen LogP) is 2.48. The zero-order chi connectivity index (χ0) is 17.0. The maximum Gasteiger partial charge on any atom is 0.214 e. The summed E-state index contributed by atoms with van der Waals surface area (Å²) in [6.07, 6.45) is 7.03. The van der Waals surface area contributed by atoms with E-state index in [1.54, 1.807) is 10.5 Å². The van der Waals surface area contributed by atoms with E-state index in [9.17, 15) is 8.42 Å². The summed E-state index contributed by atoms with van der Waals surface area (Å²) in [7, 11) is -3.23. The molecule has 6 heteroatoms. The van der Waals surface area contributed by atoms with E-state index in [4.69, 9.17) is 0 Å². The Labute approximate surface area is 144 Å². The lowest BCUT2D eigenvalue weighted by Crippen LogP contribution is -2.39. The largest absolute Gasteiger partial charge is 0.333 e. The second kappa shape index (κ2) is 7.49. The van der Waals surface area contributed by atoms with Crippen LogP contribution in [0.3, 0.4) is 0 Å². The Hall–Kier alpha value is -1.66. The molecule has 1 aromatic carbocycles. The van der Waals surface area contributed by atoms with Gasteiger partial charge in [-0.2, -0.15) is 4.31 Å². The van der Waals surface area contributed by atoms with Gasteiger partial charge < -0.3 is 4.57 Å². The van der Waals surface area contributed by atoms with E-state index in [2.05, 4.69) is 16.5 Å². The summed E-state index contributed by atoms with van der Waals surface area (Å²) in [6.45, 7) is 3.41. The zero-order valence-electron chi connectivity index (χ0n) is 14.1. The van der Waals surface area contributed by atoms with Crippen molar-refractivity contribution >= 4 is 10.0 Å². The van der Waals surface area contributed by atoms with Gasteiger partial charge >= 0.3 is 0 Å². The number of benzene rings is 1.